The van der Waals surface area contributed by atoms with Gasteiger partial charge in [0.25, 0.3) is 5.69 Å². The number of amides is 1. The Bertz CT molecular complexity index is 2030. The van der Waals surface area contributed by atoms with Crippen LogP contribution in [0, 0.1) is 40.7 Å². The van der Waals surface area contributed by atoms with Crippen molar-refractivity contribution in [2.75, 3.05) is 26.9 Å². The van der Waals surface area contributed by atoms with E-state index in [4.69, 9.17) is 24.2 Å². The van der Waals surface area contributed by atoms with Gasteiger partial charge in [0.05, 0.1) is 28.9 Å². The number of pyridine rings is 1. The molecule has 59 heavy (non-hydrogen) atoms. The molecule has 4 aliphatic rings. The van der Waals surface area contributed by atoms with Crippen LogP contribution in [-0.4, -0.2) is 75.3 Å². The van der Waals surface area contributed by atoms with Crippen LogP contribution >= 0.6 is 0 Å². The number of unbranched alkanes of at least 4 members (excludes halogenated alkanes) is 2. The number of aliphatic hydroxyl groups is 2. The quantitative estimate of drug-likeness (QED) is 0.0503. The first-order chi connectivity index (χ1) is 28.7. The van der Waals surface area contributed by atoms with Gasteiger partial charge in [0.1, 0.15) is 30.8 Å². The summed E-state index contributed by atoms with van der Waals surface area (Å²) in [6.07, 6.45) is 10.6. The van der Waals surface area contributed by atoms with E-state index < -0.39 is 22.7 Å². The van der Waals surface area contributed by atoms with Crippen molar-refractivity contribution in [2.24, 2.45) is 28.8 Å². The lowest BCUT2D eigenvalue weighted by atomic mass is 9.55. The van der Waals surface area contributed by atoms with Crippen molar-refractivity contribution >= 4 is 17.3 Å². The van der Waals surface area contributed by atoms with Gasteiger partial charge in [-0.3, -0.25) is 19.9 Å². The first-order valence-electron chi connectivity index (χ1n) is 20.9. The van der Waals surface area contributed by atoms with Crippen molar-refractivity contribution in [1.29, 1.82) is 0 Å². The predicted octanol–water partition coefficient (Wildman–Crippen LogP) is 7.58. The van der Waals surface area contributed by atoms with E-state index in [0.29, 0.717) is 36.5 Å². The van der Waals surface area contributed by atoms with Crippen LogP contribution in [0.15, 0.2) is 90.1 Å². The van der Waals surface area contributed by atoms with Gasteiger partial charge in [0, 0.05) is 61.9 Å². The fraction of sp³-hybridized carbons (Fsp3) is 0.500. The van der Waals surface area contributed by atoms with E-state index >= 15 is 0 Å². The van der Waals surface area contributed by atoms with Gasteiger partial charge in [-0.2, -0.15) is 0 Å². The number of carbonyl (C=O) groups excluding carboxylic acids is 1. The van der Waals surface area contributed by atoms with E-state index in [1.807, 2.05) is 44.3 Å². The molecule has 1 amide bonds. The average Bonchev–Trinajstić information content (AvgIpc) is 4.09. The largest absolute Gasteiger partial charge is 0.487 e. The molecule has 13 nitrogen and oxygen atoms in total. The number of hydrogen-bond donors (Lipinski definition) is 2. The number of oxime groups is 1. The Morgan fingerprint density at radius 2 is 1.83 bits per heavy atom. The normalized spacial score (nSPS) is 24.9. The van der Waals surface area contributed by atoms with Crippen LogP contribution in [0.4, 0.5) is 5.69 Å². The monoisotopic (exact) mass is 808 g/mol. The zero-order valence-corrected chi connectivity index (χ0v) is 34.0. The summed E-state index contributed by atoms with van der Waals surface area (Å²) in [5.74, 6) is -0.502. The molecular formula is C46H56N4O9. The Kier molecular flexibility index (Phi) is 13.4. The van der Waals surface area contributed by atoms with Crippen molar-refractivity contribution < 1.29 is 39.0 Å². The van der Waals surface area contributed by atoms with Crippen LogP contribution < -0.4 is 9.47 Å². The van der Waals surface area contributed by atoms with Gasteiger partial charge in [-0.1, -0.05) is 36.2 Å². The number of likely N-dealkylation sites (N-methyl/N-ethyl adjacent to an activating group) is 1. The highest BCUT2D eigenvalue weighted by molar-refractivity contribution is 6.03. The fourth-order valence-electron chi connectivity index (χ4n) is 9.33. The van der Waals surface area contributed by atoms with E-state index in [1.165, 1.54) is 12.1 Å². The second-order valence-corrected chi connectivity index (χ2v) is 16.3. The lowest BCUT2D eigenvalue weighted by Crippen LogP contribution is -2.69. The maximum atomic E-state index is 14.1. The van der Waals surface area contributed by atoms with Crippen molar-refractivity contribution in [3.8, 4) is 11.5 Å². The number of aliphatic hydroxyl groups excluding tert-OH is 2. The van der Waals surface area contributed by atoms with Crippen LogP contribution in [0.2, 0.25) is 0 Å². The molecular weight excluding hydrogens is 753 g/mol. The summed E-state index contributed by atoms with van der Waals surface area (Å²) < 4.78 is 20.6. The molecule has 2 heterocycles. The van der Waals surface area contributed by atoms with E-state index in [2.05, 4.69) is 23.7 Å². The number of non-ortho nitro benzene ring substituents is 1. The lowest BCUT2D eigenvalue weighted by molar-refractivity contribution is -0.384. The number of hydrogen-bond acceptors (Lipinski definition) is 11. The topological polar surface area (TPSA) is 166 Å². The molecule has 0 saturated heterocycles. The average molecular weight is 809 g/mol. The summed E-state index contributed by atoms with van der Waals surface area (Å²) in [4.78, 5) is 37.4. The number of allylic oxidation sites excluding steroid dienone is 1. The highest BCUT2D eigenvalue weighted by Gasteiger charge is 2.65. The molecule has 13 heteroatoms. The molecule has 2 saturated carbocycles. The predicted molar refractivity (Wildman–Crippen MR) is 222 cm³/mol. The first kappa shape index (κ1) is 42.0. The van der Waals surface area contributed by atoms with Gasteiger partial charge in [0.15, 0.2) is 0 Å². The molecule has 2 N–H and O–H groups in total. The minimum atomic E-state index is -1.33. The number of nitrogens with zero attached hydrogens (tertiary/aromatic N) is 4. The third-order valence-corrected chi connectivity index (χ3v) is 12.3. The number of carbonyl (C=O) groups is 1. The van der Waals surface area contributed by atoms with Gasteiger partial charge in [-0.25, -0.2) is 0 Å². The third-order valence-electron chi connectivity index (χ3n) is 12.3. The molecule has 0 unspecified atom stereocenters. The molecule has 2 fully saturated rings. The second-order valence-electron chi connectivity index (χ2n) is 16.3. The molecule has 0 spiro atoms. The van der Waals surface area contributed by atoms with Crippen LogP contribution in [-0.2, 0) is 27.6 Å². The standard InChI is InChI=1S/C46H56N4O9/c1-4-24-57-46-42(49(3)45(53)32-16-17-32)27-40(48-58-28-31-14-18-35(19-15-31)50(54)55)38-25-33(11-5-7-22-51)37(13-6-8-23-52)43(44(38)46)39-26-36(20-21-41(39)59-46)56-29-34-12-9-10-30(2)47-34/h4,9-10,12,14-15,18-21,25-26,32-33,37,42-44,51-52H,1,5-8,11,13,16-17,22-24,27-29H2,2-3H3/t33-,37+,42-,43+,44+,46+/m0/s1. The Hall–Kier alpha value is -5.11. The Balaban J connectivity index is 1.36. The van der Waals surface area contributed by atoms with Crippen molar-refractivity contribution in [3.63, 3.8) is 0 Å². The Morgan fingerprint density at radius 1 is 1.07 bits per heavy atom. The molecule has 0 radical (unpaired) electrons. The number of aromatic nitrogens is 1. The maximum absolute atomic E-state index is 14.1. The molecule has 2 aromatic carbocycles. The molecule has 1 aromatic heterocycles. The van der Waals surface area contributed by atoms with Gasteiger partial charge in [0.2, 0.25) is 11.7 Å². The van der Waals surface area contributed by atoms with Crippen LogP contribution in [0.25, 0.3) is 0 Å². The molecule has 6 atom stereocenters. The summed E-state index contributed by atoms with van der Waals surface area (Å²) in [5, 5.41) is 35.9. The molecule has 3 aromatic rings. The van der Waals surface area contributed by atoms with Crippen LogP contribution in [0.5, 0.6) is 11.5 Å². The summed E-state index contributed by atoms with van der Waals surface area (Å²) in [7, 11) is 1.83. The van der Waals surface area contributed by atoms with Crippen molar-refractivity contribution in [3.05, 3.63) is 118 Å². The summed E-state index contributed by atoms with van der Waals surface area (Å²) in [5.41, 5.74) is 5.03. The minimum absolute atomic E-state index is 0.00781. The molecule has 7 rings (SSSR count). The van der Waals surface area contributed by atoms with Gasteiger partial charge < -0.3 is 34.2 Å². The summed E-state index contributed by atoms with van der Waals surface area (Å²) >= 11 is 0. The minimum Gasteiger partial charge on any atom is -0.487 e. The number of nitro groups is 1. The number of ether oxygens (including phenoxy) is 3. The maximum Gasteiger partial charge on any atom is 0.269 e. The van der Waals surface area contributed by atoms with Gasteiger partial charge in [-0.05, 0) is 111 Å². The zero-order valence-electron chi connectivity index (χ0n) is 34.0. The van der Waals surface area contributed by atoms with Gasteiger partial charge in [-0.15, -0.1) is 6.58 Å². The highest BCUT2D eigenvalue weighted by atomic mass is 16.7. The molecule has 3 aliphatic carbocycles. The van der Waals surface area contributed by atoms with E-state index in [1.54, 1.807) is 23.1 Å². The van der Waals surface area contributed by atoms with Crippen molar-refractivity contribution in [1.82, 2.24) is 9.88 Å². The van der Waals surface area contributed by atoms with E-state index in [0.717, 1.165) is 66.6 Å². The van der Waals surface area contributed by atoms with E-state index in [-0.39, 0.29) is 68.3 Å². The SMILES string of the molecule is C=CCO[C@@]12Oc3ccc(OCc4cccc(C)n4)cc3[C@H]3[C@H](CCCCO)[C@@H](CCCCO)C=C(C(=NOCc4ccc([N+](=O)[O-])cc4)C[C@@H]1N(C)C(=O)C1CC1)[C@H]32. The number of benzene rings is 2. The highest BCUT2D eigenvalue weighted by Crippen LogP contribution is 2.62. The summed E-state index contributed by atoms with van der Waals surface area (Å²) in [6, 6.07) is 17.4. The molecule has 0 bridgehead atoms. The fourth-order valence-corrected chi connectivity index (χ4v) is 9.33. The van der Waals surface area contributed by atoms with Crippen LogP contribution in [0.3, 0.4) is 0 Å². The molecule has 314 valence electrons. The first-order valence-corrected chi connectivity index (χ1v) is 20.9. The summed E-state index contributed by atoms with van der Waals surface area (Å²) in [6.45, 7) is 6.69. The number of nitro benzene ring substituents is 1. The number of fused-ring (bicyclic) bond motifs is 2. The smallest absolute Gasteiger partial charge is 0.269 e. The number of aryl methyl sites for hydroxylation is 1. The third kappa shape index (κ3) is 9.22. The molecule has 1 aliphatic heterocycles. The van der Waals surface area contributed by atoms with Crippen LogP contribution in [0.1, 0.15) is 86.2 Å². The zero-order chi connectivity index (χ0) is 41.5. The number of rotatable bonds is 20. The lowest BCUT2D eigenvalue weighted by Gasteiger charge is -2.59. The van der Waals surface area contributed by atoms with E-state index in [9.17, 15) is 25.1 Å². The van der Waals surface area contributed by atoms with Crippen molar-refractivity contribution in [2.45, 2.75) is 95.7 Å². The Labute approximate surface area is 345 Å². The van der Waals surface area contributed by atoms with Gasteiger partial charge >= 0.3 is 0 Å². The Morgan fingerprint density at radius 3 is 2.53 bits per heavy atom. The second kappa shape index (κ2) is 18.9.